The highest BCUT2D eigenvalue weighted by Gasteiger charge is 2.35. The van der Waals surface area contributed by atoms with Crippen molar-refractivity contribution in [1.29, 1.82) is 0 Å². The molecule has 0 saturated heterocycles. The van der Waals surface area contributed by atoms with Gasteiger partial charge in [0.1, 0.15) is 17.1 Å². The van der Waals surface area contributed by atoms with Gasteiger partial charge in [0.25, 0.3) is 5.91 Å². The molecule has 1 N–H and O–H groups in total. The molecule has 3 rings (SSSR count). The zero-order chi connectivity index (χ0) is 18.2. The summed E-state index contributed by atoms with van der Waals surface area (Å²) in [6, 6.07) is 11.6. The molecule has 1 amide bonds. The van der Waals surface area contributed by atoms with Gasteiger partial charge in [-0.2, -0.15) is 0 Å². The van der Waals surface area contributed by atoms with Crippen LogP contribution in [0.5, 0.6) is 11.5 Å². The molecule has 0 bridgehead atoms. The lowest BCUT2D eigenvalue weighted by atomic mass is 9.89. The van der Waals surface area contributed by atoms with Crippen molar-refractivity contribution in [3.05, 3.63) is 58.7 Å². The third kappa shape index (κ3) is 3.63. The maximum Gasteiger partial charge on any atom is 0.252 e. The van der Waals surface area contributed by atoms with E-state index in [1.54, 1.807) is 7.11 Å². The molecule has 4 heteroatoms. The van der Waals surface area contributed by atoms with Gasteiger partial charge in [0.05, 0.1) is 13.2 Å². The number of aryl methyl sites for hydroxylation is 2. The van der Waals surface area contributed by atoms with Crippen LogP contribution in [0, 0.1) is 13.8 Å². The van der Waals surface area contributed by atoms with Crippen LogP contribution in [-0.4, -0.2) is 18.6 Å². The van der Waals surface area contributed by atoms with Crippen molar-refractivity contribution in [1.82, 2.24) is 5.32 Å². The van der Waals surface area contributed by atoms with Crippen LogP contribution in [0.15, 0.2) is 36.4 Å². The molecule has 1 aliphatic heterocycles. The van der Waals surface area contributed by atoms with E-state index in [1.807, 2.05) is 64.1 Å². The predicted octanol–water partition coefficient (Wildman–Crippen LogP) is 4.34. The van der Waals surface area contributed by atoms with E-state index in [2.05, 4.69) is 5.32 Å². The topological polar surface area (TPSA) is 47.6 Å². The average Bonchev–Trinajstić information content (AvgIpc) is 2.55. The van der Waals surface area contributed by atoms with Gasteiger partial charge >= 0.3 is 0 Å². The molecule has 0 aromatic heterocycles. The standard InChI is InChI=1S/C21H25NO3/c1-13-6-7-14(2)17(10-13)20(23)22-18-12-21(3,4)25-19-11-15(24-5)8-9-16(18)19/h6-11,18H,12H2,1-5H3,(H,22,23)/t18-/m0/s1. The van der Waals surface area contributed by atoms with E-state index in [0.29, 0.717) is 6.42 Å². The highest BCUT2D eigenvalue weighted by Crippen LogP contribution is 2.41. The molecule has 0 fully saturated rings. The second-order valence-electron chi connectivity index (χ2n) is 7.31. The summed E-state index contributed by atoms with van der Waals surface area (Å²) in [5.41, 5.74) is 3.40. The number of carbonyl (C=O) groups excluding carboxylic acids is 1. The van der Waals surface area contributed by atoms with E-state index >= 15 is 0 Å². The molecule has 2 aromatic rings. The Hall–Kier alpha value is -2.49. The maximum atomic E-state index is 12.9. The third-order valence-electron chi connectivity index (χ3n) is 4.62. The Morgan fingerprint density at radius 1 is 1.20 bits per heavy atom. The number of amides is 1. The molecule has 0 aliphatic carbocycles. The molecule has 0 saturated carbocycles. The number of ether oxygens (including phenoxy) is 2. The number of methoxy groups -OCH3 is 1. The van der Waals surface area contributed by atoms with Gasteiger partial charge in [0.15, 0.2) is 0 Å². The number of carbonyl (C=O) groups is 1. The SMILES string of the molecule is COc1ccc2c(c1)OC(C)(C)C[C@@H]2NC(=O)c1cc(C)ccc1C. The largest absolute Gasteiger partial charge is 0.497 e. The Kier molecular flexibility index (Phi) is 4.46. The van der Waals surface area contributed by atoms with Gasteiger partial charge < -0.3 is 14.8 Å². The minimum Gasteiger partial charge on any atom is -0.497 e. The number of fused-ring (bicyclic) bond motifs is 1. The number of hydrogen-bond donors (Lipinski definition) is 1. The van der Waals surface area contributed by atoms with Gasteiger partial charge in [-0.15, -0.1) is 0 Å². The Bertz CT molecular complexity index is 811. The first-order chi connectivity index (χ1) is 11.8. The first-order valence-electron chi connectivity index (χ1n) is 8.54. The van der Waals surface area contributed by atoms with Crippen molar-refractivity contribution >= 4 is 5.91 Å². The van der Waals surface area contributed by atoms with Crippen molar-refractivity contribution in [2.24, 2.45) is 0 Å². The van der Waals surface area contributed by atoms with Gasteiger partial charge in [0.2, 0.25) is 0 Å². The molecule has 25 heavy (non-hydrogen) atoms. The maximum absolute atomic E-state index is 12.9. The zero-order valence-corrected chi connectivity index (χ0v) is 15.5. The highest BCUT2D eigenvalue weighted by atomic mass is 16.5. The lowest BCUT2D eigenvalue weighted by Gasteiger charge is -2.38. The minimum atomic E-state index is -0.362. The van der Waals surface area contributed by atoms with Crippen LogP contribution in [0.3, 0.4) is 0 Å². The summed E-state index contributed by atoms with van der Waals surface area (Å²) >= 11 is 0. The van der Waals surface area contributed by atoms with Crippen LogP contribution >= 0.6 is 0 Å². The molecule has 132 valence electrons. The van der Waals surface area contributed by atoms with E-state index in [4.69, 9.17) is 9.47 Å². The fraction of sp³-hybridized carbons (Fsp3) is 0.381. The predicted molar refractivity (Wildman–Crippen MR) is 98.4 cm³/mol. The molecule has 0 spiro atoms. The lowest BCUT2D eigenvalue weighted by Crippen LogP contribution is -2.41. The molecule has 0 radical (unpaired) electrons. The fourth-order valence-corrected chi connectivity index (χ4v) is 3.30. The van der Waals surface area contributed by atoms with E-state index in [-0.39, 0.29) is 17.6 Å². The number of rotatable bonds is 3. The summed E-state index contributed by atoms with van der Waals surface area (Å²) < 4.78 is 11.4. The Labute approximate surface area is 149 Å². The summed E-state index contributed by atoms with van der Waals surface area (Å²) in [5.74, 6) is 1.46. The van der Waals surface area contributed by atoms with Crippen LogP contribution in [0.25, 0.3) is 0 Å². The van der Waals surface area contributed by atoms with Crippen LogP contribution < -0.4 is 14.8 Å². The molecule has 1 aliphatic rings. The Morgan fingerprint density at radius 3 is 2.68 bits per heavy atom. The van der Waals surface area contributed by atoms with Gasteiger partial charge in [-0.1, -0.05) is 17.7 Å². The molecule has 0 unspecified atom stereocenters. The van der Waals surface area contributed by atoms with Gasteiger partial charge in [-0.05, 0) is 51.5 Å². The van der Waals surface area contributed by atoms with Crippen molar-refractivity contribution in [3.63, 3.8) is 0 Å². The lowest BCUT2D eigenvalue weighted by molar-refractivity contribution is 0.0617. The van der Waals surface area contributed by atoms with Crippen molar-refractivity contribution in [2.75, 3.05) is 7.11 Å². The normalized spacial score (nSPS) is 18.0. The van der Waals surface area contributed by atoms with Crippen molar-refractivity contribution in [3.8, 4) is 11.5 Å². The van der Waals surface area contributed by atoms with Crippen LogP contribution in [0.2, 0.25) is 0 Å². The zero-order valence-electron chi connectivity index (χ0n) is 15.5. The Balaban J connectivity index is 1.92. The van der Waals surface area contributed by atoms with E-state index in [1.165, 1.54) is 0 Å². The summed E-state index contributed by atoms with van der Waals surface area (Å²) in [6.07, 6.45) is 0.711. The van der Waals surface area contributed by atoms with Crippen LogP contribution in [0.4, 0.5) is 0 Å². The molecule has 1 atom stereocenters. The first kappa shape index (κ1) is 17.3. The summed E-state index contributed by atoms with van der Waals surface area (Å²) in [5, 5.41) is 3.19. The monoisotopic (exact) mass is 339 g/mol. The number of benzene rings is 2. The molecular formula is C21H25NO3. The molecule has 2 aromatic carbocycles. The molecule has 4 nitrogen and oxygen atoms in total. The summed E-state index contributed by atoms with van der Waals surface area (Å²) in [6.45, 7) is 8.02. The van der Waals surface area contributed by atoms with Crippen molar-refractivity contribution < 1.29 is 14.3 Å². The fourth-order valence-electron chi connectivity index (χ4n) is 3.30. The summed E-state index contributed by atoms with van der Waals surface area (Å²) in [7, 11) is 1.63. The number of nitrogens with one attached hydrogen (secondary N) is 1. The van der Waals surface area contributed by atoms with E-state index < -0.39 is 0 Å². The van der Waals surface area contributed by atoms with Crippen LogP contribution in [0.1, 0.15) is 53.4 Å². The quantitative estimate of drug-likeness (QED) is 0.904. The van der Waals surface area contributed by atoms with Gasteiger partial charge in [0, 0.05) is 23.6 Å². The second kappa shape index (κ2) is 6.43. The second-order valence-corrected chi connectivity index (χ2v) is 7.31. The third-order valence-corrected chi connectivity index (χ3v) is 4.62. The molecule has 1 heterocycles. The van der Waals surface area contributed by atoms with E-state index in [9.17, 15) is 4.79 Å². The van der Waals surface area contributed by atoms with Crippen molar-refractivity contribution in [2.45, 2.75) is 45.8 Å². The molecular weight excluding hydrogens is 314 g/mol. The highest BCUT2D eigenvalue weighted by molar-refractivity contribution is 5.96. The average molecular weight is 339 g/mol. The first-order valence-corrected chi connectivity index (χ1v) is 8.54. The number of hydrogen-bond acceptors (Lipinski definition) is 3. The van der Waals surface area contributed by atoms with Crippen LogP contribution in [-0.2, 0) is 0 Å². The Morgan fingerprint density at radius 2 is 1.96 bits per heavy atom. The van der Waals surface area contributed by atoms with Gasteiger partial charge in [-0.3, -0.25) is 4.79 Å². The van der Waals surface area contributed by atoms with Gasteiger partial charge in [-0.25, -0.2) is 0 Å². The smallest absolute Gasteiger partial charge is 0.252 e. The summed E-state index contributed by atoms with van der Waals surface area (Å²) in [4.78, 5) is 12.9. The van der Waals surface area contributed by atoms with E-state index in [0.717, 1.165) is 33.8 Å². The minimum absolute atomic E-state index is 0.0503.